The van der Waals surface area contributed by atoms with E-state index < -0.39 is 0 Å². The van der Waals surface area contributed by atoms with Gasteiger partial charge in [-0.1, -0.05) is 612 Å². The molecule has 0 aliphatic rings. The molecule has 3 aromatic carbocycles. The number of aromatic nitrogens is 3. The minimum atomic E-state index is 0.652. The molecule has 0 aliphatic heterocycles. The van der Waals surface area contributed by atoms with Crippen LogP contribution >= 0.6 is 0 Å². The average molecular weight is 1800 g/mol. The van der Waals surface area contributed by atoms with Crippen LogP contribution in [0.25, 0.3) is 11.4 Å². The van der Waals surface area contributed by atoms with Gasteiger partial charge < -0.3 is 10.6 Å². The molecule has 750 valence electrons. The van der Waals surface area contributed by atoms with E-state index >= 15 is 0 Å². The zero-order valence-electron chi connectivity index (χ0n) is 89.0. The molecule has 0 saturated heterocycles. The first-order valence-electron chi connectivity index (χ1n) is 60.1. The molecule has 0 aliphatic carbocycles. The Labute approximate surface area is 813 Å². The normalized spacial score (nSPS) is 11.7. The second-order valence-electron chi connectivity index (χ2n) is 42.4. The van der Waals surface area contributed by atoms with Crippen LogP contribution in [0.2, 0.25) is 0 Å². The molecule has 1 heterocycles. The number of hydrogen-bond donors (Lipinski definition) is 2. The Kier molecular flexibility index (Phi) is 83.6. The lowest BCUT2D eigenvalue weighted by Crippen LogP contribution is -2.09. The Balaban J connectivity index is 1.71. The number of unbranched alkanes of at least 4 members (excludes halogenated alkanes) is 84. The van der Waals surface area contributed by atoms with Crippen molar-refractivity contribution in [2.24, 2.45) is 0 Å². The quantitative estimate of drug-likeness (QED) is 0.0431. The maximum Gasteiger partial charge on any atom is 0.232 e. The maximum atomic E-state index is 5.53. The molecular formula is C125H225N5. The van der Waals surface area contributed by atoms with Crippen LogP contribution in [0.15, 0.2) is 48.5 Å². The zero-order chi connectivity index (χ0) is 92.3. The Hall–Kier alpha value is -3.73. The van der Waals surface area contributed by atoms with E-state index in [2.05, 4.69) is 108 Å². The second kappa shape index (κ2) is 91.7. The highest BCUT2D eigenvalue weighted by Crippen LogP contribution is 2.34. The predicted octanol–water partition coefficient (Wildman–Crippen LogP) is 44.1. The molecule has 5 nitrogen and oxygen atoms in total. The van der Waals surface area contributed by atoms with Crippen LogP contribution in [0.1, 0.15) is 665 Å². The van der Waals surface area contributed by atoms with E-state index in [-0.39, 0.29) is 0 Å². The van der Waals surface area contributed by atoms with Gasteiger partial charge >= 0.3 is 0 Å². The molecular weight excluding hydrogens is 1570 g/mol. The van der Waals surface area contributed by atoms with Crippen LogP contribution in [0.3, 0.4) is 0 Å². The second-order valence-corrected chi connectivity index (χ2v) is 42.4. The molecule has 0 fully saturated rings. The number of nitrogens with one attached hydrogen (secondary N) is 2. The summed E-state index contributed by atoms with van der Waals surface area (Å²) in [5, 5.41) is 8.07. The van der Waals surface area contributed by atoms with Gasteiger partial charge in [-0.3, -0.25) is 0 Å². The Bertz CT molecular complexity index is 2730. The minimum Gasteiger partial charge on any atom is -0.324 e. The first-order chi connectivity index (χ1) is 64.5. The van der Waals surface area contributed by atoms with Gasteiger partial charge in [-0.2, -0.15) is 15.0 Å². The molecule has 0 unspecified atom stereocenters. The van der Waals surface area contributed by atoms with E-state index in [0.717, 1.165) is 54.9 Å². The van der Waals surface area contributed by atoms with Gasteiger partial charge in [0.2, 0.25) is 11.9 Å². The van der Waals surface area contributed by atoms with Crippen molar-refractivity contribution in [3.05, 3.63) is 87.5 Å². The van der Waals surface area contributed by atoms with Crippen molar-refractivity contribution in [1.82, 2.24) is 15.0 Å². The topological polar surface area (TPSA) is 62.7 Å². The van der Waals surface area contributed by atoms with E-state index in [1.165, 1.54) is 596 Å². The van der Waals surface area contributed by atoms with Crippen molar-refractivity contribution < 1.29 is 0 Å². The van der Waals surface area contributed by atoms with E-state index in [4.69, 9.17) is 15.0 Å². The minimum absolute atomic E-state index is 0.652. The number of benzene rings is 3. The summed E-state index contributed by atoms with van der Waals surface area (Å²) in [4.78, 5) is 16.5. The number of aryl methyl sites for hydroxylation is 5. The Morgan fingerprint density at radius 1 is 0.169 bits per heavy atom. The Morgan fingerprint density at radius 3 is 0.485 bits per heavy atom. The van der Waals surface area contributed by atoms with Crippen LogP contribution in [0.4, 0.5) is 23.3 Å². The summed E-state index contributed by atoms with van der Waals surface area (Å²) in [6.07, 6.45) is 134. The van der Waals surface area contributed by atoms with Crippen LogP contribution in [-0.4, -0.2) is 15.0 Å². The monoisotopic (exact) mass is 1800 g/mol. The van der Waals surface area contributed by atoms with E-state index in [1.807, 2.05) is 0 Å². The molecule has 4 rings (SSSR count). The number of hydrogen-bond acceptors (Lipinski definition) is 5. The van der Waals surface area contributed by atoms with Crippen molar-refractivity contribution in [3.8, 4) is 11.4 Å². The fourth-order valence-electron chi connectivity index (χ4n) is 21.1. The smallest absolute Gasteiger partial charge is 0.232 e. The third-order valence-corrected chi connectivity index (χ3v) is 29.9. The third kappa shape index (κ3) is 68.3. The molecule has 0 atom stereocenters. The van der Waals surface area contributed by atoms with Crippen LogP contribution < -0.4 is 10.6 Å². The van der Waals surface area contributed by atoms with Crippen LogP contribution in [0, 0.1) is 0 Å². The van der Waals surface area contributed by atoms with E-state index in [9.17, 15) is 0 Å². The van der Waals surface area contributed by atoms with Gasteiger partial charge in [0.25, 0.3) is 0 Å². The third-order valence-electron chi connectivity index (χ3n) is 29.9. The van der Waals surface area contributed by atoms with Crippen molar-refractivity contribution in [1.29, 1.82) is 0 Å². The van der Waals surface area contributed by atoms with Gasteiger partial charge in [-0.05, 0) is 147 Å². The van der Waals surface area contributed by atoms with Crippen LogP contribution in [-0.2, 0) is 44.9 Å². The maximum absolute atomic E-state index is 5.53. The fraction of sp³-hybridized carbons (Fsp3) is 0.832. The zero-order valence-corrected chi connectivity index (χ0v) is 89.0. The molecule has 0 bridgehead atoms. The fourth-order valence-corrected chi connectivity index (χ4v) is 21.1. The summed E-state index contributed by atoms with van der Waals surface area (Å²) in [5.74, 6) is 2.04. The van der Waals surface area contributed by atoms with Crippen molar-refractivity contribution in [2.45, 2.75) is 671 Å². The largest absolute Gasteiger partial charge is 0.324 e. The molecule has 5 heteroatoms. The summed E-state index contributed by atoms with van der Waals surface area (Å²) in [7, 11) is 0. The van der Waals surface area contributed by atoms with E-state index in [1.54, 1.807) is 33.4 Å². The summed E-state index contributed by atoms with van der Waals surface area (Å²) in [5.41, 5.74) is 14.5. The molecule has 0 radical (unpaired) electrons. The number of rotatable bonds is 102. The highest BCUT2D eigenvalue weighted by atomic mass is 15.2. The van der Waals surface area contributed by atoms with E-state index in [0.29, 0.717) is 11.9 Å². The van der Waals surface area contributed by atoms with Gasteiger partial charge in [0.05, 0.1) is 0 Å². The molecule has 0 amide bonds. The summed E-state index contributed by atoms with van der Waals surface area (Å²) in [6, 6.07) is 19.4. The molecule has 0 saturated carbocycles. The van der Waals surface area contributed by atoms with Crippen molar-refractivity contribution in [3.63, 3.8) is 0 Å². The molecule has 130 heavy (non-hydrogen) atoms. The van der Waals surface area contributed by atoms with Gasteiger partial charge in [-0.15, -0.1) is 0 Å². The number of nitrogens with zero attached hydrogens (tertiary/aromatic N) is 3. The molecule has 4 aromatic rings. The summed E-state index contributed by atoms with van der Waals surface area (Å²) in [6.45, 7) is 16.3. The van der Waals surface area contributed by atoms with Gasteiger partial charge in [0.1, 0.15) is 0 Å². The Morgan fingerprint density at radius 2 is 0.323 bits per heavy atom. The van der Waals surface area contributed by atoms with Crippen molar-refractivity contribution in [2.75, 3.05) is 10.6 Å². The van der Waals surface area contributed by atoms with Gasteiger partial charge in [0.15, 0.2) is 5.82 Å². The number of anilines is 4. The van der Waals surface area contributed by atoms with Gasteiger partial charge in [0, 0.05) is 16.9 Å². The van der Waals surface area contributed by atoms with Crippen LogP contribution in [0.5, 0.6) is 0 Å². The molecule has 0 spiro atoms. The lowest BCUT2D eigenvalue weighted by atomic mass is 9.89. The van der Waals surface area contributed by atoms with Gasteiger partial charge in [-0.25, -0.2) is 0 Å². The summed E-state index contributed by atoms with van der Waals surface area (Å²) >= 11 is 0. The lowest BCUT2D eigenvalue weighted by Gasteiger charge is -2.20. The average Bonchev–Trinajstić information content (AvgIpc) is 0.800. The highest BCUT2D eigenvalue weighted by Gasteiger charge is 2.19. The highest BCUT2D eigenvalue weighted by molar-refractivity contribution is 5.66. The van der Waals surface area contributed by atoms with Crippen molar-refractivity contribution >= 4 is 23.3 Å². The summed E-state index contributed by atoms with van der Waals surface area (Å²) < 4.78 is 0. The SMILES string of the molecule is CCCCCCCCCCCCCCCCCc1cc(Nc2nc(Nc3cc(CCCCCCCCCCCCCCCCC)c(CCCCCCCCCCCCCCCCC)c(CCCCCCCCCCCCCCCCC)c3)nc(-c3ccc(CC)cc3)n2)cc(CCCCCCCCCCCCCCCCC)c1CCCCCCCCCCCCCCCCC. The first-order valence-corrected chi connectivity index (χ1v) is 60.1. The standard InChI is InChI=1S/C125H225N5/c1-8-15-21-27-33-39-45-51-57-63-69-75-81-87-93-99-115-109-119(110-116(100-94-88-82-76-70-64-58-52-46-40-34-28-22-16-9-2)121(115)103-97-91-85-79-73-67-61-55-49-43-37-31-25-19-12-5)126-124-128-123(114-107-105-113(14-7)106-108-114)129-125(130-124)127-120-111-117(101-95-89-83-77-71-65-59-53-47-41-35-29-23-17-10-3)122(104-98-92-86-80-74-68-62-56-50-44-38-32-26-20-13-6)118(112-120)102-96-90-84-78-72-66-60-54-48-42-36-30-24-18-11-4/h105-112H,8-104H2,1-7H3,(H2,126,127,128,129,130). The first kappa shape index (κ1) is 119. The molecule has 2 N–H and O–H groups in total. The molecule has 1 aromatic heterocycles. The lowest BCUT2D eigenvalue weighted by molar-refractivity contribution is 0.530. The predicted molar refractivity (Wildman–Crippen MR) is 586 cm³/mol.